The zero-order valence-corrected chi connectivity index (χ0v) is 17.4. The van der Waals surface area contributed by atoms with Crippen molar-refractivity contribution in [2.24, 2.45) is 28.6 Å². The average molecular weight is 430 g/mol. The van der Waals surface area contributed by atoms with E-state index < -0.39 is 82.0 Å². The van der Waals surface area contributed by atoms with Crippen LogP contribution in [0.2, 0.25) is 0 Å². The number of carbonyl (C=O) groups excluding carboxylic acids is 2. The number of carbonyl (C=O) groups is 2. The molecule has 8 heteroatoms. The topological polar surface area (TPSA) is 94.8 Å². The van der Waals surface area contributed by atoms with Gasteiger partial charge in [-0.05, 0) is 31.1 Å². The minimum Gasteiger partial charge on any atom is -0.396 e. The third-order valence-corrected chi connectivity index (χ3v) is 9.27. The van der Waals surface area contributed by atoms with Crippen molar-refractivity contribution >= 4 is 11.6 Å². The van der Waals surface area contributed by atoms with Crippen molar-refractivity contribution in [1.29, 1.82) is 0 Å². The Morgan fingerprint density at radius 3 is 2.40 bits per heavy atom. The van der Waals surface area contributed by atoms with E-state index in [1.165, 1.54) is 6.92 Å². The number of aliphatic hydroxyl groups is 3. The molecule has 0 amide bonds. The third-order valence-electron chi connectivity index (χ3n) is 9.27. The number of Topliss-reactive ketones (excluding diaryl/α,β-unsaturated/α-hetero) is 2. The number of hydrogen-bond acceptors (Lipinski definition) is 5. The van der Waals surface area contributed by atoms with E-state index in [1.807, 2.05) is 0 Å². The van der Waals surface area contributed by atoms with Gasteiger partial charge in [0.1, 0.15) is 11.8 Å². The van der Waals surface area contributed by atoms with Crippen molar-refractivity contribution in [2.45, 2.75) is 76.4 Å². The van der Waals surface area contributed by atoms with Gasteiger partial charge in [-0.15, -0.1) is 0 Å². The van der Waals surface area contributed by atoms with Crippen molar-refractivity contribution in [2.75, 3.05) is 6.61 Å². The molecule has 4 aliphatic carbocycles. The number of alkyl halides is 2. The lowest BCUT2D eigenvalue weighted by atomic mass is 9.43. The van der Waals surface area contributed by atoms with E-state index in [2.05, 4.69) is 0 Å². The maximum Gasteiger partial charge on any atom is 0.256 e. The Balaban J connectivity index is 1.89. The molecule has 9 atom stereocenters. The molecule has 30 heavy (non-hydrogen) atoms. The molecule has 168 valence electrons. The molecule has 0 radical (unpaired) electrons. The molecule has 4 aliphatic rings. The molecule has 0 spiro atoms. The van der Waals surface area contributed by atoms with Crippen LogP contribution in [0.5, 0.6) is 0 Å². The van der Waals surface area contributed by atoms with Crippen molar-refractivity contribution in [3.63, 3.8) is 0 Å². The highest BCUT2D eigenvalue weighted by Gasteiger charge is 2.76. The van der Waals surface area contributed by atoms with Crippen molar-refractivity contribution < 1.29 is 38.1 Å². The lowest BCUT2D eigenvalue weighted by molar-refractivity contribution is -0.236. The molecular formula is C22H29F3O5. The standard InChI is InChI=1S/C22H29F3O5/c1-10-6-11-12-7-13(23)16-17(24)18(29)14(27)8-20(16,3)22(12,25)15(28)9-19(11,2)21(10,30)4-5-26/h10-13,15,26,28,30H,4-9H2,1-3H3/t10?,11-,12-,13?,15?,19-,20-,21+,22-/m0/s1. The van der Waals surface area contributed by atoms with Crippen molar-refractivity contribution in [1.82, 2.24) is 0 Å². The fraction of sp³-hybridized carbons (Fsp3) is 0.818. The van der Waals surface area contributed by atoms with E-state index in [-0.39, 0.29) is 25.4 Å². The SMILES string of the molecule is CC1C[C@H]2[C@@H]3CC(F)C4=C(F)C(=O)C(=O)C[C@]4(C)[C@@]3(F)C(O)C[C@]2(C)[C@@]1(O)CCO. The lowest BCUT2D eigenvalue weighted by Gasteiger charge is -2.63. The quantitative estimate of drug-likeness (QED) is 0.585. The Morgan fingerprint density at radius 1 is 1.17 bits per heavy atom. The van der Waals surface area contributed by atoms with Gasteiger partial charge in [-0.3, -0.25) is 9.59 Å². The molecule has 0 bridgehead atoms. The highest BCUT2D eigenvalue weighted by atomic mass is 19.2. The van der Waals surface area contributed by atoms with Crippen LogP contribution < -0.4 is 0 Å². The first-order chi connectivity index (χ1) is 13.8. The maximum absolute atomic E-state index is 16.9. The Kier molecular flexibility index (Phi) is 4.68. The zero-order valence-electron chi connectivity index (χ0n) is 17.4. The predicted octanol–water partition coefficient (Wildman–Crippen LogP) is 2.36. The molecule has 3 N–H and O–H groups in total. The number of allylic oxidation sites excluding steroid dienone is 1. The molecule has 3 unspecified atom stereocenters. The van der Waals surface area contributed by atoms with Gasteiger partial charge in [0.15, 0.2) is 5.83 Å². The predicted molar refractivity (Wildman–Crippen MR) is 100 cm³/mol. The Labute approximate surface area is 173 Å². The highest BCUT2D eigenvalue weighted by Crippen LogP contribution is 2.72. The average Bonchev–Trinajstić information content (AvgIpc) is 2.83. The minimum absolute atomic E-state index is 0.0446. The summed E-state index contributed by atoms with van der Waals surface area (Å²) in [6, 6.07) is 0. The Hall–Kier alpha value is -1.25. The van der Waals surface area contributed by atoms with E-state index in [0.717, 1.165) is 0 Å². The monoisotopic (exact) mass is 430 g/mol. The first kappa shape index (κ1) is 22.0. The molecule has 5 nitrogen and oxygen atoms in total. The van der Waals surface area contributed by atoms with Gasteiger partial charge in [0.2, 0.25) is 5.78 Å². The van der Waals surface area contributed by atoms with Gasteiger partial charge >= 0.3 is 0 Å². The molecule has 0 aromatic rings. The Bertz CT molecular complexity index is 845. The number of ketones is 2. The first-order valence-corrected chi connectivity index (χ1v) is 10.6. The normalized spacial score (nSPS) is 53.4. The summed E-state index contributed by atoms with van der Waals surface area (Å²) in [4.78, 5) is 24.0. The van der Waals surface area contributed by atoms with E-state index >= 15 is 8.78 Å². The van der Waals surface area contributed by atoms with Gasteiger partial charge in [0.25, 0.3) is 5.78 Å². The van der Waals surface area contributed by atoms with Crippen LogP contribution in [0.15, 0.2) is 11.4 Å². The van der Waals surface area contributed by atoms with E-state index in [1.54, 1.807) is 13.8 Å². The van der Waals surface area contributed by atoms with Gasteiger partial charge in [0, 0.05) is 41.8 Å². The molecule has 0 aromatic heterocycles. The second kappa shape index (κ2) is 6.39. The smallest absolute Gasteiger partial charge is 0.256 e. The second-order valence-corrected chi connectivity index (χ2v) is 10.3. The molecule has 3 saturated carbocycles. The lowest BCUT2D eigenvalue weighted by Crippen LogP contribution is -2.71. The maximum atomic E-state index is 16.9. The van der Waals surface area contributed by atoms with E-state index in [9.17, 15) is 29.3 Å². The summed E-state index contributed by atoms with van der Waals surface area (Å²) < 4.78 is 46.9. The van der Waals surface area contributed by atoms with Crippen LogP contribution in [0.1, 0.15) is 52.9 Å². The summed E-state index contributed by atoms with van der Waals surface area (Å²) in [5, 5.41) is 32.0. The molecular weight excluding hydrogens is 401 g/mol. The summed E-state index contributed by atoms with van der Waals surface area (Å²) in [5.74, 6) is -6.03. The molecule has 0 saturated heterocycles. The van der Waals surface area contributed by atoms with Crippen LogP contribution in [0.25, 0.3) is 0 Å². The minimum atomic E-state index is -2.52. The van der Waals surface area contributed by atoms with Crippen LogP contribution in [0, 0.1) is 28.6 Å². The van der Waals surface area contributed by atoms with Gasteiger partial charge in [0.05, 0.1) is 11.7 Å². The summed E-state index contributed by atoms with van der Waals surface area (Å²) in [5.41, 5.74) is -7.51. The number of hydrogen-bond donors (Lipinski definition) is 3. The van der Waals surface area contributed by atoms with Crippen molar-refractivity contribution in [3.05, 3.63) is 11.4 Å². The number of aliphatic hydroxyl groups excluding tert-OH is 2. The highest BCUT2D eigenvalue weighted by molar-refractivity contribution is 6.44. The van der Waals surface area contributed by atoms with Gasteiger partial charge < -0.3 is 15.3 Å². The van der Waals surface area contributed by atoms with Crippen LogP contribution in [0.3, 0.4) is 0 Å². The summed E-state index contributed by atoms with van der Waals surface area (Å²) >= 11 is 0. The second-order valence-electron chi connectivity index (χ2n) is 10.3. The van der Waals surface area contributed by atoms with Crippen LogP contribution in [0.4, 0.5) is 13.2 Å². The summed E-state index contributed by atoms with van der Waals surface area (Å²) in [6.45, 7) is 4.46. The van der Waals surface area contributed by atoms with Crippen LogP contribution in [-0.2, 0) is 9.59 Å². The van der Waals surface area contributed by atoms with Crippen LogP contribution in [-0.4, -0.2) is 57.0 Å². The fourth-order valence-corrected chi connectivity index (χ4v) is 7.71. The van der Waals surface area contributed by atoms with Gasteiger partial charge in [-0.1, -0.05) is 20.8 Å². The molecule has 0 aliphatic heterocycles. The van der Waals surface area contributed by atoms with E-state index in [0.29, 0.717) is 6.42 Å². The number of rotatable bonds is 2. The Morgan fingerprint density at radius 2 is 1.80 bits per heavy atom. The summed E-state index contributed by atoms with van der Waals surface area (Å²) in [6.07, 6.45) is -4.56. The molecule has 3 fully saturated rings. The summed E-state index contributed by atoms with van der Waals surface area (Å²) in [7, 11) is 0. The first-order valence-electron chi connectivity index (χ1n) is 10.6. The van der Waals surface area contributed by atoms with Gasteiger partial charge in [-0.2, -0.15) is 0 Å². The molecule has 4 rings (SSSR count). The largest absolute Gasteiger partial charge is 0.396 e. The molecule has 0 aromatic carbocycles. The van der Waals surface area contributed by atoms with Crippen molar-refractivity contribution in [3.8, 4) is 0 Å². The zero-order chi connectivity index (χ0) is 22.4. The molecule has 0 heterocycles. The number of halogens is 3. The number of fused-ring (bicyclic) bond motifs is 5. The van der Waals surface area contributed by atoms with Gasteiger partial charge in [-0.25, -0.2) is 13.2 Å². The van der Waals surface area contributed by atoms with E-state index in [4.69, 9.17) is 0 Å². The van der Waals surface area contributed by atoms with Crippen LogP contribution >= 0.6 is 0 Å². The fourth-order valence-electron chi connectivity index (χ4n) is 7.71. The third kappa shape index (κ3) is 2.25.